The molecule has 5 heterocycles. The van der Waals surface area contributed by atoms with Crippen LogP contribution in [0, 0.1) is 26.0 Å². The minimum Gasteiger partial charge on any atom is -0.497 e. The van der Waals surface area contributed by atoms with E-state index in [4.69, 9.17) is 9.72 Å². The molecule has 0 bridgehead atoms. The normalized spacial score (nSPS) is 11.7. The van der Waals surface area contributed by atoms with Crippen molar-refractivity contribution in [2.45, 2.75) is 13.8 Å². The zero-order chi connectivity index (χ0) is 24.7. The number of hydrogen-bond donors (Lipinski definition) is 0. The summed E-state index contributed by atoms with van der Waals surface area (Å²) in [5.41, 5.74) is 6.88. The van der Waals surface area contributed by atoms with E-state index in [1.54, 1.807) is 6.20 Å². The SMILES string of the molecule is Cc1nc2c3[c-]c(Oc4[c-]c5c(cc4)c4ncccc4n4ccnc54)ccc3c3ccccc3n2c1C.[Pt+2]. The van der Waals surface area contributed by atoms with E-state index in [1.807, 2.05) is 48.0 Å². The molecule has 0 fully saturated rings. The van der Waals surface area contributed by atoms with Crippen LogP contribution in [0.5, 0.6) is 11.5 Å². The number of aryl methyl sites for hydroxylation is 2. The molecule has 7 heteroatoms. The monoisotopic (exact) mass is 672 g/mol. The second-order valence-electron chi connectivity index (χ2n) is 9.28. The third kappa shape index (κ3) is 3.13. The second kappa shape index (κ2) is 8.37. The van der Waals surface area contributed by atoms with E-state index in [0.717, 1.165) is 66.2 Å². The topological polar surface area (TPSA) is 56.7 Å². The number of para-hydroxylation sites is 1. The van der Waals surface area contributed by atoms with Crippen LogP contribution in [-0.2, 0) is 21.1 Å². The van der Waals surface area contributed by atoms with Crippen molar-refractivity contribution in [1.29, 1.82) is 0 Å². The summed E-state index contributed by atoms with van der Waals surface area (Å²) in [4.78, 5) is 14.1. The van der Waals surface area contributed by atoms with Crippen molar-refractivity contribution in [3.05, 3.63) is 103 Å². The molecule has 0 atom stereocenters. The molecule has 0 unspecified atom stereocenters. The van der Waals surface area contributed by atoms with Crippen LogP contribution in [-0.4, -0.2) is 23.8 Å². The maximum Gasteiger partial charge on any atom is 2.00 e. The fourth-order valence-corrected chi connectivity index (χ4v) is 5.41. The van der Waals surface area contributed by atoms with Crippen molar-refractivity contribution in [3.63, 3.8) is 0 Å². The molecule has 0 aliphatic rings. The summed E-state index contributed by atoms with van der Waals surface area (Å²) in [5, 5.41) is 5.04. The number of hydrogen-bond acceptors (Lipinski definition) is 4. The van der Waals surface area contributed by atoms with Crippen LogP contribution in [0.25, 0.3) is 54.8 Å². The Labute approximate surface area is 231 Å². The van der Waals surface area contributed by atoms with E-state index in [0.29, 0.717) is 11.5 Å². The number of imidazole rings is 2. The Morgan fingerprint density at radius 3 is 2.29 bits per heavy atom. The second-order valence-corrected chi connectivity index (χ2v) is 9.28. The predicted octanol–water partition coefficient (Wildman–Crippen LogP) is 7.00. The van der Waals surface area contributed by atoms with Crippen molar-refractivity contribution in [2.75, 3.05) is 0 Å². The first-order valence-corrected chi connectivity index (χ1v) is 12.1. The van der Waals surface area contributed by atoms with Crippen LogP contribution < -0.4 is 4.74 Å². The van der Waals surface area contributed by atoms with Gasteiger partial charge in [0.15, 0.2) is 0 Å². The summed E-state index contributed by atoms with van der Waals surface area (Å²) in [7, 11) is 0. The van der Waals surface area contributed by atoms with Crippen LogP contribution in [0.1, 0.15) is 11.4 Å². The van der Waals surface area contributed by atoms with Gasteiger partial charge in [-0.1, -0.05) is 64.0 Å². The first kappa shape index (κ1) is 22.9. The summed E-state index contributed by atoms with van der Waals surface area (Å²) in [5.74, 6) is 1.20. The third-order valence-electron chi connectivity index (χ3n) is 7.23. The zero-order valence-electron chi connectivity index (χ0n) is 20.5. The van der Waals surface area contributed by atoms with Crippen molar-refractivity contribution < 1.29 is 25.8 Å². The molecule has 0 aliphatic heterocycles. The van der Waals surface area contributed by atoms with Gasteiger partial charge in [0.2, 0.25) is 0 Å². The molecule has 0 radical (unpaired) electrons. The molecule has 3 aromatic carbocycles. The van der Waals surface area contributed by atoms with E-state index in [2.05, 4.69) is 69.8 Å². The van der Waals surface area contributed by atoms with Gasteiger partial charge in [0.1, 0.15) is 0 Å². The Morgan fingerprint density at radius 2 is 1.45 bits per heavy atom. The molecule has 0 saturated heterocycles. The van der Waals surface area contributed by atoms with Crippen LogP contribution in [0.2, 0.25) is 0 Å². The number of ether oxygens (including phenoxy) is 1. The minimum absolute atomic E-state index is 0. The molecule has 5 aromatic heterocycles. The zero-order valence-corrected chi connectivity index (χ0v) is 22.7. The number of nitrogens with zero attached hydrogens (tertiary/aromatic N) is 5. The predicted molar refractivity (Wildman–Crippen MR) is 145 cm³/mol. The molecular formula is C31H19N5OPt. The molecule has 38 heavy (non-hydrogen) atoms. The summed E-state index contributed by atoms with van der Waals surface area (Å²) < 4.78 is 10.6. The van der Waals surface area contributed by atoms with E-state index in [1.165, 1.54) is 0 Å². The van der Waals surface area contributed by atoms with Gasteiger partial charge in [-0.3, -0.25) is 15.0 Å². The van der Waals surface area contributed by atoms with E-state index in [-0.39, 0.29) is 21.1 Å². The van der Waals surface area contributed by atoms with Crippen molar-refractivity contribution in [1.82, 2.24) is 23.8 Å². The van der Waals surface area contributed by atoms with E-state index >= 15 is 0 Å². The quantitative estimate of drug-likeness (QED) is 0.147. The molecular weight excluding hydrogens is 653 g/mol. The Morgan fingerprint density at radius 1 is 0.711 bits per heavy atom. The third-order valence-corrected chi connectivity index (χ3v) is 7.23. The number of rotatable bonds is 2. The number of fused-ring (bicyclic) bond motifs is 12. The van der Waals surface area contributed by atoms with Crippen molar-refractivity contribution in [2.24, 2.45) is 0 Å². The molecule has 0 aliphatic carbocycles. The summed E-state index contributed by atoms with van der Waals surface area (Å²) in [6, 6.07) is 27.3. The van der Waals surface area contributed by atoms with Crippen LogP contribution >= 0.6 is 0 Å². The molecule has 0 amide bonds. The summed E-state index contributed by atoms with van der Waals surface area (Å²) in [6.45, 7) is 4.15. The number of pyridine rings is 3. The Bertz CT molecular complexity index is 2210. The number of benzene rings is 3. The van der Waals surface area contributed by atoms with Gasteiger partial charge >= 0.3 is 21.1 Å². The van der Waals surface area contributed by atoms with Crippen molar-refractivity contribution >= 4 is 54.8 Å². The van der Waals surface area contributed by atoms with Gasteiger partial charge in [-0.05, 0) is 37.4 Å². The van der Waals surface area contributed by atoms with E-state index < -0.39 is 0 Å². The fourth-order valence-electron chi connectivity index (χ4n) is 5.41. The van der Waals surface area contributed by atoms with Crippen LogP contribution in [0.3, 0.4) is 0 Å². The molecule has 6 nitrogen and oxygen atoms in total. The standard InChI is InChI=1S/C31H19N5O.Pt/c1-18-19(2)36-27-7-4-3-6-23(27)22-11-9-20(16-25(22)31(36)34-18)37-21-10-12-24-26(17-21)30-33-14-15-35(30)28-8-5-13-32-29(24)28;/h3-15H,1-2H3;/q-2;+2. The van der Waals surface area contributed by atoms with Gasteiger partial charge in [0.25, 0.3) is 0 Å². The van der Waals surface area contributed by atoms with Gasteiger partial charge in [0, 0.05) is 47.0 Å². The van der Waals surface area contributed by atoms with Gasteiger partial charge in [-0.25, -0.2) is 0 Å². The molecule has 0 N–H and O–H groups in total. The maximum absolute atomic E-state index is 6.32. The van der Waals surface area contributed by atoms with Gasteiger partial charge in [-0.15, -0.1) is 12.1 Å². The van der Waals surface area contributed by atoms with Gasteiger partial charge in [-0.2, -0.15) is 0 Å². The average molecular weight is 673 g/mol. The fraction of sp³-hybridized carbons (Fsp3) is 0.0645. The van der Waals surface area contributed by atoms with Gasteiger partial charge in [0.05, 0.1) is 22.3 Å². The Balaban J connectivity index is 0.00000242. The van der Waals surface area contributed by atoms with Crippen molar-refractivity contribution in [3.8, 4) is 11.5 Å². The largest absolute Gasteiger partial charge is 2.00 e. The number of aromatic nitrogens is 5. The van der Waals surface area contributed by atoms with Crippen LogP contribution in [0.15, 0.2) is 79.3 Å². The molecule has 8 aromatic rings. The minimum atomic E-state index is 0. The molecule has 0 saturated carbocycles. The summed E-state index contributed by atoms with van der Waals surface area (Å²) >= 11 is 0. The smallest absolute Gasteiger partial charge is 0.497 e. The van der Waals surface area contributed by atoms with Crippen LogP contribution in [0.4, 0.5) is 0 Å². The van der Waals surface area contributed by atoms with Gasteiger partial charge < -0.3 is 13.5 Å². The molecule has 0 spiro atoms. The average Bonchev–Trinajstić information content (AvgIpc) is 3.54. The maximum atomic E-state index is 6.32. The molecule has 8 rings (SSSR count). The first-order chi connectivity index (χ1) is 18.2. The Kier molecular flexibility index (Phi) is 5.04. The van der Waals surface area contributed by atoms with E-state index in [9.17, 15) is 0 Å². The summed E-state index contributed by atoms with van der Waals surface area (Å²) in [6.07, 6.45) is 5.55. The first-order valence-electron chi connectivity index (χ1n) is 12.1. The molecule has 184 valence electrons. The Hall–Kier alpha value is -4.28.